The molecule has 1 rings (SSSR count). The Hall–Kier alpha value is -0.610. The van der Waals surface area contributed by atoms with Gasteiger partial charge in [-0.15, -0.1) is 0 Å². The van der Waals surface area contributed by atoms with Crippen molar-refractivity contribution in [2.75, 3.05) is 33.3 Å². The van der Waals surface area contributed by atoms with Crippen LogP contribution in [-0.2, 0) is 4.79 Å². The predicted octanol–water partition coefficient (Wildman–Crippen LogP) is 0.0728. The molecular weight excluding hydrogens is 192 g/mol. The lowest BCUT2D eigenvalue weighted by molar-refractivity contribution is -0.133. The molecule has 0 aromatic rings. The van der Waals surface area contributed by atoms with Crippen LogP contribution >= 0.6 is 0 Å². The quantitative estimate of drug-likeness (QED) is 0.681. The molecule has 0 radical (unpaired) electrons. The highest BCUT2D eigenvalue weighted by Gasteiger charge is 2.28. The Labute approximate surface area is 91.6 Å². The Bertz CT molecular complexity index is 209. The van der Waals surface area contributed by atoms with E-state index >= 15 is 0 Å². The van der Waals surface area contributed by atoms with E-state index in [-0.39, 0.29) is 18.4 Å². The van der Waals surface area contributed by atoms with Crippen molar-refractivity contribution in [1.82, 2.24) is 10.2 Å². The molecule has 4 heteroatoms. The van der Waals surface area contributed by atoms with Crippen LogP contribution in [0.15, 0.2) is 0 Å². The molecular formula is C11H22N2O2. The second-order valence-electron chi connectivity index (χ2n) is 4.41. The molecule has 0 spiro atoms. The van der Waals surface area contributed by atoms with Crippen molar-refractivity contribution in [3.8, 4) is 0 Å². The second-order valence-corrected chi connectivity index (χ2v) is 4.41. The summed E-state index contributed by atoms with van der Waals surface area (Å²) in [6, 6.07) is 0. The summed E-state index contributed by atoms with van der Waals surface area (Å²) in [4.78, 5) is 13.8. The number of carbonyl (C=O) groups is 1. The Morgan fingerprint density at radius 3 is 3.00 bits per heavy atom. The number of aliphatic hydroxyl groups is 1. The molecule has 15 heavy (non-hydrogen) atoms. The third-order valence-electron chi connectivity index (χ3n) is 3.07. The minimum absolute atomic E-state index is 0.0582. The topological polar surface area (TPSA) is 52.6 Å². The van der Waals surface area contributed by atoms with Crippen LogP contribution in [0.2, 0.25) is 0 Å². The molecule has 2 unspecified atom stereocenters. The molecule has 0 aromatic carbocycles. The van der Waals surface area contributed by atoms with Gasteiger partial charge in [0.25, 0.3) is 0 Å². The van der Waals surface area contributed by atoms with E-state index in [0.717, 1.165) is 32.5 Å². The highest BCUT2D eigenvalue weighted by atomic mass is 16.3. The van der Waals surface area contributed by atoms with Gasteiger partial charge < -0.3 is 15.3 Å². The van der Waals surface area contributed by atoms with E-state index in [4.69, 9.17) is 5.11 Å². The van der Waals surface area contributed by atoms with Gasteiger partial charge in [-0.25, -0.2) is 0 Å². The minimum Gasteiger partial charge on any atom is -0.396 e. The summed E-state index contributed by atoms with van der Waals surface area (Å²) in [5.41, 5.74) is 0. The summed E-state index contributed by atoms with van der Waals surface area (Å²) >= 11 is 0. The molecule has 2 atom stereocenters. The number of nitrogens with zero attached hydrogens (tertiary/aromatic N) is 1. The maximum Gasteiger partial charge on any atom is 0.226 e. The smallest absolute Gasteiger partial charge is 0.226 e. The third-order valence-corrected chi connectivity index (χ3v) is 3.07. The second kappa shape index (κ2) is 6.08. The number of likely N-dealkylation sites (tertiary alicyclic amines) is 1. The van der Waals surface area contributed by atoms with Crippen molar-refractivity contribution in [3.05, 3.63) is 0 Å². The van der Waals surface area contributed by atoms with Gasteiger partial charge in [-0.2, -0.15) is 0 Å². The first-order valence-electron chi connectivity index (χ1n) is 5.73. The standard InChI is InChI=1S/C11H22N2O2/c1-9(7-12-2)11(15)13-5-3-10(8-13)4-6-14/h9-10,12,14H,3-8H2,1-2H3. The first kappa shape index (κ1) is 12.5. The summed E-state index contributed by atoms with van der Waals surface area (Å²) in [5, 5.41) is 11.9. The molecule has 1 aliphatic heterocycles. The van der Waals surface area contributed by atoms with E-state index in [1.807, 2.05) is 18.9 Å². The molecule has 1 fully saturated rings. The Balaban J connectivity index is 2.35. The molecule has 0 aliphatic carbocycles. The number of hydrogen-bond acceptors (Lipinski definition) is 3. The van der Waals surface area contributed by atoms with Crippen molar-refractivity contribution in [1.29, 1.82) is 0 Å². The minimum atomic E-state index is 0.0582. The van der Waals surface area contributed by atoms with Gasteiger partial charge in [-0.3, -0.25) is 4.79 Å². The van der Waals surface area contributed by atoms with Crippen LogP contribution in [0.4, 0.5) is 0 Å². The fraction of sp³-hybridized carbons (Fsp3) is 0.909. The van der Waals surface area contributed by atoms with Gasteiger partial charge in [0, 0.05) is 32.2 Å². The van der Waals surface area contributed by atoms with Gasteiger partial charge in [0.1, 0.15) is 0 Å². The zero-order valence-electron chi connectivity index (χ0n) is 9.70. The van der Waals surface area contributed by atoms with Crippen LogP contribution in [0.3, 0.4) is 0 Å². The van der Waals surface area contributed by atoms with E-state index in [9.17, 15) is 4.79 Å². The lowest BCUT2D eigenvalue weighted by Crippen LogP contribution is -2.37. The van der Waals surface area contributed by atoms with Gasteiger partial charge in [0.2, 0.25) is 5.91 Å². The van der Waals surface area contributed by atoms with Crippen LogP contribution in [0.25, 0.3) is 0 Å². The molecule has 0 saturated carbocycles. The van der Waals surface area contributed by atoms with Gasteiger partial charge >= 0.3 is 0 Å². The average molecular weight is 214 g/mol. The summed E-state index contributed by atoms with van der Waals surface area (Å²) in [7, 11) is 1.86. The highest BCUT2D eigenvalue weighted by molar-refractivity contribution is 5.79. The van der Waals surface area contributed by atoms with Gasteiger partial charge in [0.15, 0.2) is 0 Å². The maximum absolute atomic E-state index is 11.9. The molecule has 0 bridgehead atoms. The summed E-state index contributed by atoms with van der Waals surface area (Å²) < 4.78 is 0. The Morgan fingerprint density at radius 1 is 1.67 bits per heavy atom. The molecule has 1 aliphatic rings. The van der Waals surface area contributed by atoms with Gasteiger partial charge in [-0.1, -0.05) is 6.92 Å². The largest absolute Gasteiger partial charge is 0.396 e. The monoisotopic (exact) mass is 214 g/mol. The molecule has 1 heterocycles. The molecule has 88 valence electrons. The SMILES string of the molecule is CNCC(C)C(=O)N1CCC(CCO)C1. The first-order valence-corrected chi connectivity index (χ1v) is 5.73. The Kier molecular flexibility index (Phi) is 5.05. The van der Waals surface area contributed by atoms with Crippen molar-refractivity contribution < 1.29 is 9.90 Å². The van der Waals surface area contributed by atoms with Crippen molar-refractivity contribution >= 4 is 5.91 Å². The summed E-state index contributed by atoms with van der Waals surface area (Å²) in [6.07, 6.45) is 1.86. The lowest BCUT2D eigenvalue weighted by Gasteiger charge is -2.20. The first-order chi connectivity index (χ1) is 7.19. The van der Waals surface area contributed by atoms with Crippen LogP contribution in [-0.4, -0.2) is 49.2 Å². The lowest BCUT2D eigenvalue weighted by atomic mass is 10.1. The Morgan fingerprint density at radius 2 is 2.40 bits per heavy atom. The fourth-order valence-electron chi connectivity index (χ4n) is 2.16. The van der Waals surface area contributed by atoms with Crippen molar-refractivity contribution in [2.45, 2.75) is 19.8 Å². The zero-order chi connectivity index (χ0) is 11.3. The van der Waals surface area contributed by atoms with Gasteiger partial charge in [-0.05, 0) is 25.8 Å². The van der Waals surface area contributed by atoms with Crippen LogP contribution in [0.1, 0.15) is 19.8 Å². The fourth-order valence-corrected chi connectivity index (χ4v) is 2.16. The summed E-state index contributed by atoms with van der Waals surface area (Å²) in [6.45, 7) is 4.61. The van der Waals surface area contributed by atoms with E-state index in [2.05, 4.69) is 5.32 Å². The number of nitrogens with one attached hydrogen (secondary N) is 1. The number of amides is 1. The molecule has 1 amide bonds. The third kappa shape index (κ3) is 3.47. The average Bonchev–Trinajstić information content (AvgIpc) is 2.66. The molecule has 2 N–H and O–H groups in total. The molecule has 1 saturated heterocycles. The number of carbonyl (C=O) groups excluding carboxylic acids is 1. The van der Waals surface area contributed by atoms with E-state index < -0.39 is 0 Å². The van der Waals surface area contributed by atoms with E-state index in [1.165, 1.54) is 0 Å². The van der Waals surface area contributed by atoms with Crippen LogP contribution in [0.5, 0.6) is 0 Å². The van der Waals surface area contributed by atoms with Crippen LogP contribution < -0.4 is 5.32 Å². The number of rotatable bonds is 5. The van der Waals surface area contributed by atoms with Crippen LogP contribution in [0, 0.1) is 11.8 Å². The predicted molar refractivity (Wildman–Crippen MR) is 59.5 cm³/mol. The highest BCUT2D eigenvalue weighted by Crippen LogP contribution is 2.20. The van der Waals surface area contributed by atoms with Crippen molar-refractivity contribution in [3.63, 3.8) is 0 Å². The van der Waals surface area contributed by atoms with E-state index in [0.29, 0.717) is 5.92 Å². The summed E-state index contributed by atoms with van der Waals surface area (Å²) in [5.74, 6) is 0.799. The van der Waals surface area contributed by atoms with Gasteiger partial charge in [0.05, 0.1) is 0 Å². The number of hydrogen-bond donors (Lipinski definition) is 2. The number of aliphatic hydroxyl groups excluding tert-OH is 1. The van der Waals surface area contributed by atoms with E-state index in [1.54, 1.807) is 0 Å². The zero-order valence-corrected chi connectivity index (χ0v) is 9.70. The maximum atomic E-state index is 11.9. The molecule has 0 aromatic heterocycles. The molecule has 4 nitrogen and oxygen atoms in total. The normalized spacial score (nSPS) is 23.1. The van der Waals surface area contributed by atoms with Crippen molar-refractivity contribution in [2.24, 2.45) is 11.8 Å².